The minimum Gasteiger partial charge on any atom is -0.324 e. The average Bonchev–Trinajstić information content (AvgIpc) is 2.50. The Bertz CT molecular complexity index is 617. The van der Waals surface area contributed by atoms with Crippen molar-refractivity contribution in [1.29, 1.82) is 0 Å². The monoisotopic (exact) mass is 290 g/mol. The lowest BCUT2D eigenvalue weighted by Gasteiger charge is -2.12. The molecule has 1 amide bonds. The lowest BCUT2D eigenvalue weighted by molar-refractivity contribution is -0.116. The van der Waals surface area contributed by atoms with Gasteiger partial charge >= 0.3 is 0 Å². The SMILES string of the molecule is NC(CCC(=O)Nc1cccc(F)c1F)c1ccccc1. The molecule has 0 spiro atoms. The van der Waals surface area contributed by atoms with Gasteiger partial charge in [-0.05, 0) is 24.1 Å². The zero-order valence-corrected chi connectivity index (χ0v) is 11.4. The Kier molecular flexibility index (Phi) is 5.00. The minimum atomic E-state index is -1.06. The molecule has 5 heteroatoms. The van der Waals surface area contributed by atoms with E-state index in [1.54, 1.807) is 0 Å². The largest absolute Gasteiger partial charge is 0.324 e. The summed E-state index contributed by atoms with van der Waals surface area (Å²) in [5.74, 6) is -2.45. The van der Waals surface area contributed by atoms with Crippen molar-refractivity contribution in [3.63, 3.8) is 0 Å². The van der Waals surface area contributed by atoms with Crippen LogP contribution in [0, 0.1) is 11.6 Å². The van der Waals surface area contributed by atoms with Crippen LogP contribution in [-0.4, -0.2) is 5.91 Å². The van der Waals surface area contributed by atoms with Crippen LogP contribution in [0.2, 0.25) is 0 Å². The first-order valence-electron chi connectivity index (χ1n) is 6.62. The summed E-state index contributed by atoms with van der Waals surface area (Å²) < 4.78 is 26.4. The molecule has 0 radical (unpaired) electrons. The molecule has 3 nitrogen and oxygen atoms in total. The predicted molar refractivity (Wildman–Crippen MR) is 77.6 cm³/mol. The van der Waals surface area contributed by atoms with Gasteiger partial charge in [0.25, 0.3) is 0 Å². The van der Waals surface area contributed by atoms with E-state index in [9.17, 15) is 13.6 Å². The summed E-state index contributed by atoms with van der Waals surface area (Å²) >= 11 is 0. The number of carbonyl (C=O) groups is 1. The van der Waals surface area contributed by atoms with Crippen molar-refractivity contribution in [3.8, 4) is 0 Å². The molecule has 0 heterocycles. The van der Waals surface area contributed by atoms with Crippen LogP contribution in [0.1, 0.15) is 24.4 Å². The van der Waals surface area contributed by atoms with Crippen LogP contribution in [0.15, 0.2) is 48.5 Å². The van der Waals surface area contributed by atoms with Crippen molar-refractivity contribution in [2.45, 2.75) is 18.9 Å². The smallest absolute Gasteiger partial charge is 0.224 e. The molecule has 0 aliphatic rings. The van der Waals surface area contributed by atoms with Crippen molar-refractivity contribution in [1.82, 2.24) is 0 Å². The molecular formula is C16H16F2N2O. The van der Waals surface area contributed by atoms with Crippen molar-refractivity contribution < 1.29 is 13.6 Å². The minimum absolute atomic E-state index is 0.131. The molecule has 110 valence electrons. The normalized spacial score (nSPS) is 12.0. The van der Waals surface area contributed by atoms with E-state index in [-0.39, 0.29) is 18.2 Å². The van der Waals surface area contributed by atoms with Crippen molar-refractivity contribution >= 4 is 11.6 Å². The second-order valence-electron chi connectivity index (χ2n) is 4.71. The van der Waals surface area contributed by atoms with Crippen molar-refractivity contribution in [2.75, 3.05) is 5.32 Å². The topological polar surface area (TPSA) is 55.1 Å². The zero-order chi connectivity index (χ0) is 15.2. The van der Waals surface area contributed by atoms with E-state index in [4.69, 9.17) is 5.73 Å². The van der Waals surface area contributed by atoms with Crippen LogP contribution < -0.4 is 11.1 Å². The van der Waals surface area contributed by atoms with E-state index in [2.05, 4.69) is 5.32 Å². The molecular weight excluding hydrogens is 274 g/mol. The Morgan fingerprint density at radius 3 is 2.52 bits per heavy atom. The molecule has 2 rings (SSSR count). The maximum atomic E-state index is 13.4. The van der Waals surface area contributed by atoms with Crippen LogP contribution in [0.4, 0.5) is 14.5 Å². The maximum absolute atomic E-state index is 13.4. The lowest BCUT2D eigenvalue weighted by atomic mass is 10.0. The molecule has 2 aromatic carbocycles. The van der Waals surface area contributed by atoms with Gasteiger partial charge in [0.15, 0.2) is 11.6 Å². The summed E-state index contributed by atoms with van der Waals surface area (Å²) in [6.07, 6.45) is 0.554. The molecule has 1 atom stereocenters. The Morgan fingerprint density at radius 1 is 1.10 bits per heavy atom. The molecule has 0 aliphatic heterocycles. The van der Waals surface area contributed by atoms with Crippen molar-refractivity contribution in [3.05, 3.63) is 65.7 Å². The van der Waals surface area contributed by atoms with Crippen LogP contribution >= 0.6 is 0 Å². The number of nitrogens with one attached hydrogen (secondary N) is 1. The van der Waals surface area contributed by atoms with E-state index in [1.807, 2.05) is 30.3 Å². The number of benzene rings is 2. The quantitative estimate of drug-likeness (QED) is 0.887. The van der Waals surface area contributed by atoms with Crippen LogP contribution in [0.5, 0.6) is 0 Å². The second kappa shape index (κ2) is 6.95. The Balaban J connectivity index is 1.89. The molecule has 3 N–H and O–H groups in total. The fourth-order valence-corrected chi connectivity index (χ4v) is 1.97. The Labute approximate surface area is 121 Å². The molecule has 0 bridgehead atoms. The van der Waals surface area contributed by atoms with E-state index in [1.165, 1.54) is 12.1 Å². The first-order valence-corrected chi connectivity index (χ1v) is 6.62. The number of halogens is 2. The molecule has 1 unspecified atom stereocenters. The van der Waals surface area contributed by atoms with Gasteiger partial charge in [0.1, 0.15) is 0 Å². The summed E-state index contributed by atoms with van der Waals surface area (Å²) in [5.41, 5.74) is 6.75. The van der Waals surface area contributed by atoms with E-state index < -0.39 is 17.5 Å². The van der Waals surface area contributed by atoms with Gasteiger partial charge in [-0.25, -0.2) is 8.78 Å². The first-order chi connectivity index (χ1) is 10.1. The lowest BCUT2D eigenvalue weighted by Crippen LogP contribution is -2.17. The maximum Gasteiger partial charge on any atom is 0.224 e. The van der Waals surface area contributed by atoms with Gasteiger partial charge in [0, 0.05) is 12.5 Å². The second-order valence-corrected chi connectivity index (χ2v) is 4.71. The first kappa shape index (κ1) is 15.1. The fourth-order valence-electron chi connectivity index (χ4n) is 1.97. The highest BCUT2D eigenvalue weighted by Crippen LogP contribution is 2.18. The zero-order valence-electron chi connectivity index (χ0n) is 11.4. The van der Waals surface area contributed by atoms with E-state index in [0.29, 0.717) is 6.42 Å². The number of hydrogen-bond donors (Lipinski definition) is 2. The third-order valence-electron chi connectivity index (χ3n) is 3.14. The number of carbonyl (C=O) groups excluding carboxylic acids is 1. The third-order valence-corrected chi connectivity index (χ3v) is 3.14. The molecule has 0 saturated heterocycles. The molecule has 2 aromatic rings. The summed E-state index contributed by atoms with van der Waals surface area (Å²) in [6.45, 7) is 0. The van der Waals surface area contributed by atoms with Crippen molar-refractivity contribution in [2.24, 2.45) is 5.73 Å². The molecule has 0 aliphatic carbocycles. The van der Waals surface area contributed by atoms with Gasteiger partial charge in [0.05, 0.1) is 5.69 Å². The average molecular weight is 290 g/mol. The van der Waals surface area contributed by atoms with E-state index >= 15 is 0 Å². The predicted octanol–water partition coefficient (Wildman–Crippen LogP) is 3.38. The third kappa shape index (κ3) is 4.10. The van der Waals surface area contributed by atoms with Crippen LogP contribution in [0.25, 0.3) is 0 Å². The van der Waals surface area contributed by atoms with Crippen LogP contribution in [0.3, 0.4) is 0 Å². The van der Waals surface area contributed by atoms with Gasteiger partial charge in [-0.2, -0.15) is 0 Å². The highest BCUT2D eigenvalue weighted by atomic mass is 19.2. The standard InChI is InChI=1S/C16H16F2N2O/c17-12-7-4-8-14(16(12)18)20-15(21)10-9-13(19)11-5-2-1-3-6-11/h1-8,13H,9-10,19H2,(H,20,21). The van der Waals surface area contributed by atoms with E-state index in [0.717, 1.165) is 11.6 Å². The van der Waals surface area contributed by atoms with Gasteiger partial charge in [-0.15, -0.1) is 0 Å². The molecule has 0 saturated carbocycles. The summed E-state index contributed by atoms with van der Waals surface area (Å²) in [6, 6.07) is 12.8. The fraction of sp³-hybridized carbons (Fsp3) is 0.188. The summed E-state index contributed by atoms with van der Waals surface area (Å²) in [5, 5.41) is 2.35. The van der Waals surface area contributed by atoms with Gasteiger partial charge in [-0.1, -0.05) is 36.4 Å². The highest BCUT2D eigenvalue weighted by Gasteiger charge is 2.12. The number of nitrogens with two attached hydrogens (primary N) is 1. The van der Waals surface area contributed by atoms with Gasteiger partial charge in [0.2, 0.25) is 5.91 Å². The number of hydrogen-bond acceptors (Lipinski definition) is 2. The molecule has 21 heavy (non-hydrogen) atoms. The number of anilines is 1. The Hall–Kier alpha value is -2.27. The molecule has 0 fully saturated rings. The van der Waals surface area contributed by atoms with Gasteiger partial charge < -0.3 is 11.1 Å². The highest BCUT2D eigenvalue weighted by molar-refractivity contribution is 5.90. The number of amides is 1. The Morgan fingerprint density at radius 2 is 1.81 bits per heavy atom. The molecule has 0 aromatic heterocycles. The van der Waals surface area contributed by atoms with Crippen LogP contribution in [-0.2, 0) is 4.79 Å². The van der Waals surface area contributed by atoms with Gasteiger partial charge in [-0.3, -0.25) is 4.79 Å². The summed E-state index contributed by atoms with van der Waals surface area (Å²) in [4.78, 5) is 11.8. The summed E-state index contributed by atoms with van der Waals surface area (Å²) in [7, 11) is 0. The number of rotatable bonds is 5.